The highest BCUT2D eigenvalue weighted by atomic mass is 16.5. The molecular weight excluding hydrogens is 322 g/mol. The predicted molar refractivity (Wildman–Crippen MR) is 104 cm³/mol. The summed E-state index contributed by atoms with van der Waals surface area (Å²) in [5.41, 5.74) is 2.08. The number of carbonyl (C=O) groups excluding carboxylic acids is 1. The van der Waals surface area contributed by atoms with Crippen molar-refractivity contribution in [1.82, 2.24) is 5.32 Å². The van der Waals surface area contributed by atoms with Crippen molar-refractivity contribution < 1.29 is 9.53 Å². The molecule has 2 aromatic rings. The summed E-state index contributed by atoms with van der Waals surface area (Å²) in [5, 5.41) is 3.32. The van der Waals surface area contributed by atoms with E-state index < -0.39 is 0 Å². The number of para-hydroxylation sites is 1. The van der Waals surface area contributed by atoms with Crippen LogP contribution in [-0.4, -0.2) is 19.6 Å². The van der Waals surface area contributed by atoms with Crippen LogP contribution < -0.4 is 10.1 Å². The number of hydrogen-bond acceptors (Lipinski definition) is 2. The summed E-state index contributed by atoms with van der Waals surface area (Å²) in [7, 11) is 1.73. The van der Waals surface area contributed by atoms with Gasteiger partial charge in [-0.05, 0) is 37.3 Å². The molecule has 0 spiro atoms. The predicted octanol–water partition coefficient (Wildman–Crippen LogP) is 4.36. The minimum Gasteiger partial charge on any atom is -0.496 e. The van der Waals surface area contributed by atoms with Crippen LogP contribution in [-0.2, 0) is 15.6 Å². The van der Waals surface area contributed by atoms with E-state index in [0.29, 0.717) is 6.54 Å². The van der Waals surface area contributed by atoms with Gasteiger partial charge in [-0.25, -0.2) is 0 Å². The molecule has 0 aromatic heterocycles. The van der Waals surface area contributed by atoms with Gasteiger partial charge in [0.2, 0.25) is 5.91 Å². The van der Waals surface area contributed by atoms with Crippen molar-refractivity contribution in [3.05, 3.63) is 65.7 Å². The van der Waals surface area contributed by atoms with E-state index in [2.05, 4.69) is 29.6 Å². The Kier molecular flexibility index (Phi) is 4.47. The fourth-order valence-electron chi connectivity index (χ4n) is 4.62. The molecule has 0 bridgehead atoms. The van der Waals surface area contributed by atoms with E-state index in [0.717, 1.165) is 37.0 Å². The zero-order valence-electron chi connectivity index (χ0n) is 15.5. The van der Waals surface area contributed by atoms with Crippen molar-refractivity contribution in [2.75, 3.05) is 13.7 Å². The SMILES string of the molecule is COc1ccccc1C1(CNC(=O)C2(c3ccccc3)CC2)CCCC1. The molecule has 3 nitrogen and oxygen atoms in total. The van der Waals surface area contributed by atoms with Crippen LogP contribution in [0.1, 0.15) is 49.7 Å². The molecule has 0 atom stereocenters. The van der Waals surface area contributed by atoms with Gasteiger partial charge in [0.15, 0.2) is 0 Å². The molecule has 2 aliphatic carbocycles. The van der Waals surface area contributed by atoms with Gasteiger partial charge in [0.1, 0.15) is 5.75 Å². The molecule has 0 heterocycles. The zero-order valence-corrected chi connectivity index (χ0v) is 15.5. The highest BCUT2D eigenvalue weighted by Gasteiger charge is 2.51. The van der Waals surface area contributed by atoms with Crippen LogP contribution in [0.3, 0.4) is 0 Å². The Balaban J connectivity index is 1.54. The van der Waals surface area contributed by atoms with E-state index in [-0.39, 0.29) is 16.7 Å². The molecule has 0 radical (unpaired) electrons. The Morgan fingerprint density at radius 2 is 1.62 bits per heavy atom. The Hall–Kier alpha value is -2.29. The van der Waals surface area contributed by atoms with Crippen molar-refractivity contribution in [2.24, 2.45) is 0 Å². The number of nitrogens with one attached hydrogen (secondary N) is 1. The Morgan fingerprint density at radius 1 is 0.962 bits per heavy atom. The van der Waals surface area contributed by atoms with Crippen molar-refractivity contribution in [3.63, 3.8) is 0 Å². The third-order valence-corrected chi connectivity index (χ3v) is 6.34. The van der Waals surface area contributed by atoms with Gasteiger partial charge < -0.3 is 10.1 Å². The Labute approximate surface area is 155 Å². The first-order valence-electron chi connectivity index (χ1n) is 9.68. The van der Waals surface area contributed by atoms with E-state index in [1.165, 1.54) is 18.4 Å². The molecule has 3 heteroatoms. The molecule has 2 aromatic carbocycles. The third-order valence-electron chi connectivity index (χ3n) is 6.34. The molecule has 26 heavy (non-hydrogen) atoms. The number of carbonyl (C=O) groups is 1. The lowest BCUT2D eigenvalue weighted by Crippen LogP contribution is -2.43. The third kappa shape index (κ3) is 2.90. The Bertz CT molecular complexity index is 774. The summed E-state index contributed by atoms with van der Waals surface area (Å²) in [5.74, 6) is 1.12. The maximum atomic E-state index is 13.1. The summed E-state index contributed by atoms with van der Waals surface area (Å²) in [6, 6.07) is 18.5. The van der Waals surface area contributed by atoms with Crippen molar-refractivity contribution in [1.29, 1.82) is 0 Å². The lowest BCUT2D eigenvalue weighted by molar-refractivity contribution is -0.123. The van der Waals surface area contributed by atoms with Crippen LogP contribution in [0.5, 0.6) is 5.75 Å². The smallest absolute Gasteiger partial charge is 0.230 e. The fraction of sp³-hybridized carbons (Fsp3) is 0.435. The van der Waals surface area contributed by atoms with Gasteiger partial charge in [-0.2, -0.15) is 0 Å². The molecule has 0 aliphatic heterocycles. The van der Waals surface area contributed by atoms with Gasteiger partial charge in [-0.1, -0.05) is 61.4 Å². The minimum absolute atomic E-state index is 0.00493. The molecule has 0 saturated heterocycles. The van der Waals surface area contributed by atoms with Gasteiger partial charge >= 0.3 is 0 Å². The van der Waals surface area contributed by atoms with E-state index in [4.69, 9.17) is 4.74 Å². The lowest BCUT2D eigenvalue weighted by atomic mass is 9.78. The van der Waals surface area contributed by atoms with Crippen LogP contribution in [0, 0.1) is 0 Å². The summed E-state index contributed by atoms with van der Waals surface area (Å²) in [6.45, 7) is 0.695. The second-order valence-electron chi connectivity index (χ2n) is 7.82. The molecule has 0 unspecified atom stereocenters. The lowest BCUT2D eigenvalue weighted by Gasteiger charge is -2.32. The molecule has 4 rings (SSSR count). The maximum absolute atomic E-state index is 13.1. The van der Waals surface area contributed by atoms with Crippen LogP contribution in [0.4, 0.5) is 0 Å². The van der Waals surface area contributed by atoms with Gasteiger partial charge in [0.25, 0.3) is 0 Å². The Morgan fingerprint density at radius 3 is 2.27 bits per heavy atom. The maximum Gasteiger partial charge on any atom is 0.230 e. The second kappa shape index (κ2) is 6.79. The largest absolute Gasteiger partial charge is 0.496 e. The first kappa shape index (κ1) is 17.1. The van der Waals surface area contributed by atoms with E-state index >= 15 is 0 Å². The number of ether oxygens (including phenoxy) is 1. The normalized spacial score (nSPS) is 19.7. The van der Waals surface area contributed by atoms with Crippen LogP contribution >= 0.6 is 0 Å². The number of benzene rings is 2. The summed E-state index contributed by atoms with van der Waals surface area (Å²) in [4.78, 5) is 13.1. The summed E-state index contributed by atoms with van der Waals surface area (Å²) >= 11 is 0. The van der Waals surface area contributed by atoms with Gasteiger partial charge in [-0.3, -0.25) is 4.79 Å². The standard InChI is InChI=1S/C23H27NO2/c1-26-20-12-6-5-11-19(20)22(13-7-8-14-22)17-24-21(25)23(15-16-23)18-9-3-2-4-10-18/h2-6,9-12H,7-8,13-17H2,1H3,(H,24,25). The fourth-order valence-corrected chi connectivity index (χ4v) is 4.62. The average Bonchev–Trinajstić information content (AvgIpc) is 3.38. The summed E-state index contributed by atoms with van der Waals surface area (Å²) < 4.78 is 5.63. The van der Waals surface area contributed by atoms with Crippen LogP contribution in [0.15, 0.2) is 54.6 Å². The van der Waals surface area contributed by atoms with Crippen LogP contribution in [0.25, 0.3) is 0 Å². The molecular formula is C23H27NO2. The number of rotatable bonds is 6. The highest BCUT2D eigenvalue weighted by molar-refractivity contribution is 5.91. The molecule has 136 valence electrons. The van der Waals surface area contributed by atoms with Gasteiger partial charge in [0, 0.05) is 17.5 Å². The average molecular weight is 349 g/mol. The number of hydrogen-bond donors (Lipinski definition) is 1. The van der Waals surface area contributed by atoms with E-state index in [9.17, 15) is 4.79 Å². The first-order chi connectivity index (χ1) is 12.7. The zero-order chi connectivity index (χ0) is 18.0. The summed E-state index contributed by atoms with van der Waals surface area (Å²) in [6.07, 6.45) is 6.52. The van der Waals surface area contributed by atoms with Crippen molar-refractivity contribution in [2.45, 2.75) is 49.4 Å². The van der Waals surface area contributed by atoms with Gasteiger partial charge in [-0.15, -0.1) is 0 Å². The first-order valence-corrected chi connectivity index (χ1v) is 9.68. The minimum atomic E-state index is -0.304. The van der Waals surface area contributed by atoms with Gasteiger partial charge in [0.05, 0.1) is 12.5 Å². The molecule has 1 N–H and O–H groups in total. The number of methoxy groups -OCH3 is 1. The van der Waals surface area contributed by atoms with Crippen molar-refractivity contribution >= 4 is 5.91 Å². The van der Waals surface area contributed by atoms with Crippen molar-refractivity contribution in [3.8, 4) is 5.75 Å². The molecule has 1 amide bonds. The topological polar surface area (TPSA) is 38.3 Å². The van der Waals surface area contributed by atoms with Crippen LogP contribution in [0.2, 0.25) is 0 Å². The number of amides is 1. The monoisotopic (exact) mass is 349 g/mol. The second-order valence-corrected chi connectivity index (χ2v) is 7.82. The quantitative estimate of drug-likeness (QED) is 0.842. The highest BCUT2D eigenvalue weighted by Crippen LogP contribution is 2.49. The molecule has 2 fully saturated rings. The van der Waals surface area contributed by atoms with E-state index in [1.807, 2.05) is 30.3 Å². The van der Waals surface area contributed by atoms with E-state index in [1.54, 1.807) is 7.11 Å². The molecule has 2 saturated carbocycles. The molecule has 2 aliphatic rings.